The summed E-state index contributed by atoms with van der Waals surface area (Å²) in [5, 5.41) is 5.80. The highest BCUT2D eigenvalue weighted by Gasteiger charge is 2.56. The lowest BCUT2D eigenvalue weighted by Gasteiger charge is -2.17. The number of amides is 2. The molecule has 0 bridgehead atoms. The van der Waals surface area contributed by atoms with Crippen LogP contribution in [0.3, 0.4) is 0 Å². The lowest BCUT2D eigenvalue weighted by atomic mass is 9.97. The minimum Gasteiger partial charge on any atom is -0.355 e. The molecule has 0 atom stereocenters. The van der Waals surface area contributed by atoms with Crippen LogP contribution < -0.4 is 10.6 Å². The van der Waals surface area contributed by atoms with Gasteiger partial charge < -0.3 is 10.6 Å². The van der Waals surface area contributed by atoms with Crippen molar-refractivity contribution < 1.29 is 9.59 Å². The topological polar surface area (TPSA) is 71.1 Å². The van der Waals surface area contributed by atoms with E-state index in [0.717, 1.165) is 25.0 Å². The number of nitrogens with one attached hydrogen (secondary N) is 2. The molecule has 1 aromatic heterocycles. The van der Waals surface area contributed by atoms with Gasteiger partial charge in [0, 0.05) is 12.7 Å². The number of hydrogen-bond acceptors (Lipinski definition) is 3. The fourth-order valence-corrected chi connectivity index (χ4v) is 3.16. The molecule has 2 N–H and O–H groups in total. The summed E-state index contributed by atoms with van der Waals surface area (Å²) < 4.78 is 0. The first-order valence-electron chi connectivity index (χ1n) is 8.85. The zero-order valence-electron chi connectivity index (χ0n) is 14.0. The molecule has 2 amide bonds. The van der Waals surface area contributed by atoms with Gasteiger partial charge in [0.1, 0.15) is 5.41 Å². The van der Waals surface area contributed by atoms with Gasteiger partial charge in [-0.05, 0) is 57.1 Å². The van der Waals surface area contributed by atoms with Gasteiger partial charge in [0.05, 0.1) is 12.2 Å². The van der Waals surface area contributed by atoms with Crippen molar-refractivity contribution in [3.8, 4) is 0 Å². The fraction of sp³-hybridized carbons (Fsp3) is 0.526. The average molecular weight is 327 g/mol. The molecule has 1 aromatic rings. The lowest BCUT2D eigenvalue weighted by molar-refractivity contribution is -0.137. The van der Waals surface area contributed by atoms with Gasteiger partial charge in [-0.25, -0.2) is 0 Å². The Balaban J connectivity index is 1.45. The summed E-state index contributed by atoms with van der Waals surface area (Å²) in [6.45, 7) is 0.988. The number of allylic oxidation sites excluding steroid dienone is 1. The van der Waals surface area contributed by atoms with E-state index in [1.54, 1.807) is 6.20 Å². The van der Waals surface area contributed by atoms with Crippen LogP contribution >= 0.6 is 0 Å². The van der Waals surface area contributed by atoms with E-state index in [2.05, 4.69) is 21.7 Å². The second-order valence-corrected chi connectivity index (χ2v) is 6.70. The van der Waals surface area contributed by atoms with Crippen molar-refractivity contribution in [2.45, 2.75) is 51.5 Å². The number of hydrogen-bond donors (Lipinski definition) is 2. The van der Waals surface area contributed by atoms with Gasteiger partial charge in [-0.15, -0.1) is 0 Å². The van der Waals surface area contributed by atoms with E-state index >= 15 is 0 Å². The summed E-state index contributed by atoms with van der Waals surface area (Å²) in [6, 6.07) is 5.58. The summed E-state index contributed by atoms with van der Waals surface area (Å²) in [7, 11) is 0. The standard InChI is InChI=1S/C19H25N3O2/c23-17(21-13-9-15-6-2-1-3-7-15)19(10-11-19)18(24)22-14-16-8-4-5-12-20-16/h4-6,8,12H,1-3,7,9-11,13-14H2,(H,21,23)(H,22,24). The predicted molar refractivity (Wildman–Crippen MR) is 91.9 cm³/mol. The van der Waals surface area contributed by atoms with Crippen molar-refractivity contribution >= 4 is 11.8 Å². The summed E-state index contributed by atoms with van der Waals surface area (Å²) in [4.78, 5) is 29.0. The highest BCUT2D eigenvalue weighted by atomic mass is 16.2. The number of rotatable bonds is 7. The van der Waals surface area contributed by atoms with Crippen LogP contribution in [0.5, 0.6) is 0 Å². The second-order valence-electron chi connectivity index (χ2n) is 6.70. The first-order valence-corrected chi connectivity index (χ1v) is 8.85. The van der Waals surface area contributed by atoms with E-state index < -0.39 is 5.41 Å². The van der Waals surface area contributed by atoms with Gasteiger partial charge in [-0.3, -0.25) is 14.6 Å². The van der Waals surface area contributed by atoms with Crippen molar-refractivity contribution in [1.29, 1.82) is 0 Å². The summed E-state index contributed by atoms with van der Waals surface area (Å²) >= 11 is 0. The van der Waals surface area contributed by atoms with Crippen LogP contribution in [0, 0.1) is 5.41 Å². The van der Waals surface area contributed by atoms with Crippen LogP contribution in [0.15, 0.2) is 36.0 Å². The van der Waals surface area contributed by atoms with Gasteiger partial charge in [-0.2, -0.15) is 0 Å². The zero-order chi connectivity index (χ0) is 16.8. The Hall–Kier alpha value is -2.17. The van der Waals surface area contributed by atoms with Gasteiger partial charge in [0.25, 0.3) is 0 Å². The molecule has 1 heterocycles. The largest absolute Gasteiger partial charge is 0.355 e. The van der Waals surface area contributed by atoms with Gasteiger partial charge in [0.2, 0.25) is 11.8 Å². The monoisotopic (exact) mass is 327 g/mol. The molecule has 2 aliphatic rings. The molecule has 3 rings (SSSR count). The highest BCUT2D eigenvalue weighted by molar-refractivity contribution is 6.07. The Bertz CT molecular complexity index is 621. The third-order valence-corrected chi connectivity index (χ3v) is 4.89. The molecule has 0 radical (unpaired) electrons. The molecule has 128 valence electrons. The van der Waals surface area contributed by atoms with Crippen molar-refractivity contribution in [1.82, 2.24) is 15.6 Å². The molecular formula is C19H25N3O2. The SMILES string of the molecule is O=C(NCCC1=CCCCC1)C1(C(=O)NCc2ccccn2)CC1. The van der Waals surface area contributed by atoms with Crippen LogP contribution in [0.4, 0.5) is 0 Å². The maximum Gasteiger partial charge on any atom is 0.236 e. The van der Waals surface area contributed by atoms with E-state index in [-0.39, 0.29) is 11.8 Å². The van der Waals surface area contributed by atoms with Crippen molar-refractivity contribution in [3.05, 3.63) is 41.7 Å². The number of nitrogens with zero attached hydrogens (tertiary/aromatic N) is 1. The Labute approximate surface area is 142 Å². The zero-order valence-corrected chi connectivity index (χ0v) is 14.0. The first-order chi connectivity index (χ1) is 11.7. The lowest BCUT2D eigenvalue weighted by Crippen LogP contribution is -2.43. The van der Waals surface area contributed by atoms with Crippen LogP contribution in [0.25, 0.3) is 0 Å². The molecule has 0 saturated heterocycles. The summed E-state index contributed by atoms with van der Waals surface area (Å²) in [6.07, 6.45) is 11.0. The smallest absolute Gasteiger partial charge is 0.236 e. The van der Waals surface area contributed by atoms with E-state index in [0.29, 0.717) is 25.9 Å². The molecule has 1 saturated carbocycles. The van der Waals surface area contributed by atoms with Crippen molar-refractivity contribution in [2.75, 3.05) is 6.54 Å². The molecule has 0 spiro atoms. The molecule has 24 heavy (non-hydrogen) atoms. The second kappa shape index (κ2) is 7.60. The summed E-state index contributed by atoms with van der Waals surface area (Å²) in [5.41, 5.74) is 1.38. The van der Waals surface area contributed by atoms with Crippen LogP contribution in [0.1, 0.15) is 50.6 Å². The maximum atomic E-state index is 12.4. The Morgan fingerprint density at radius 1 is 1.12 bits per heavy atom. The molecule has 5 nitrogen and oxygen atoms in total. The minimum absolute atomic E-state index is 0.127. The number of carbonyl (C=O) groups is 2. The van der Waals surface area contributed by atoms with Gasteiger partial charge in [-0.1, -0.05) is 17.7 Å². The number of pyridine rings is 1. The Morgan fingerprint density at radius 2 is 1.96 bits per heavy atom. The van der Waals surface area contributed by atoms with Crippen molar-refractivity contribution in [3.63, 3.8) is 0 Å². The van der Waals surface area contributed by atoms with E-state index in [9.17, 15) is 9.59 Å². The normalized spacial score (nSPS) is 18.4. The van der Waals surface area contributed by atoms with Crippen LogP contribution in [-0.4, -0.2) is 23.3 Å². The average Bonchev–Trinajstić information content (AvgIpc) is 3.43. The maximum absolute atomic E-state index is 12.4. The summed E-state index contributed by atoms with van der Waals surface area (Å²) in [5.74, 6) is -0.306. The third kappa shape index (κ3) is 4.02. The van der Waals surface area contributed by atoms with Crippen LogP contribution in [-0.2, 0) is 16.1 Å². The fourth-order valence-electron chi connectivity index (χ4n) is 3.16. The van der Waals surface area contributed by atoms with Gasteiger partial charge >= 0.3 is 0 Å². The molecule has 0 unspecified atom stereocenters. The molecule has 0 aliphatic heterocycles. The van der Waals surface area contributed by atoms with Crippen molar-refractivity contribution in [2.24, 2.45) is 5.41 Å². The van der Waals surface area contributed by atoms with E-state index in [1.807, 2.05) is 18.2 Å². The molecule has 0 aromatic carbocycles. The Kier molecular flexibility index (Phi) is 5.28. The Morgan fingerprint density at radius 3 is 2.62 bits per heavy atom. The molecular weight excluding hydrogens is 302 g/mol. The molecule has 5 heteroatoms. The van der Waals surface area contributed by atoms with Crippen LogP contribution in [0.2, 0.25) is 0 Å². The quantitative estimate of drug-likeness (QED) is 0.597. The molecule has 1 fully saturated rings. The third-order valence-electron chi connectivity index (χ3n) is 4.89. The van der Waals surface area contributed by atoms with Gasteiger partial charge in [0.15, 0.2) is 0 Å². The van der Waals surface area contributed by atoms with E-state index in [4.69, 9.17) is 0 Å². The molecule has 2 aliphatic carbocycles. The first kappa shape index (κ1) is 16.7. The van der Waals surface area contributed by atoms with E-state index in [1.165, 1.54) is 18.4 Å². The predicted octanol–water partition coefficient (Wildman–Crippen LogP) is 2.48. The number of carbonyl (C=O) groups excluding carboxylic acids is 2. The minimum atomic E-state index is -0.851. The number of aromatic nitrogens is 1. The highest BCUT2D eigenvalue weighted by Crippen LogP contribution is 2.46.